The predicted molar refractivity (Wildman–Crippen MR) is 133 cm³/mol. The highest BCUT2D eigenvalue weighted by molar-refractivity contribution is 7.89. The number of carbonyl (C=O) groups is 1. The lowest BCUT2D eigenvalue weighted by Crippen LogP contribution is -2.40. The van der Waals surface area contributed by atoms with Crippen molar-refractivity contribution in [2.24, 2.45) is 0 Å². The quantitative estimate of drug-likeness (QED) is 0.446. The first kappa shape index (κ1) is 23.0. The number of nitrogens with one attached hydrogen (secondary N) is 1. The fourth-order valence-electron chi connectivity index (χ4n) is 3.99. The number of sulfonamides is 1. The minimum absolute atomic E-state index is 0.134. The van der Waals surface area contributed by atoms with Gasteiger partial charge in [0.2, 0.25) is 10.0 Å². The third-order valence-electron chi connectivity index (χ3n) is 5.76. The molecule has 0 atom stereocenters. The van der Waals surface area contributed by atoms with Gasteiger partial charge in [-0.15, -0.1) is 0 Å². The number of amides is 1. The summed E-state index contributed by atoms with van der Waals surface area (Å²) in [5.74, 6) is -0.346. The lowest BCUT2D eigenvalue weighted by molar-refractivity contribution is 0.0730. The van der Waals surface area contributed by atoms with E-state index in [-0.39, 0.29) is 10.8 Å². The molecular weight excluding hydrogens is 464 g/mol. The predicted octanol–water partition coefficient (Wildman–Crippen LogP) is 3.81. The summed E-state index contributed by atoms with van der Waals surface area (Å²) in [4.78, 5) is 13.2. The van der Waals surface area contributed by atoms with Gasteiger partial charge in [0.15, 0.2) is 0 Å². The maximum atomic E-state index is 13.0. The highest BCUT2D eigenvalue weighted by Gasteiger charge is 2.26. The zero-order valence-corrected chi connectivity index (χ0v) is 19.7. The molecule has 4 aromatic rings. The monoisotopic (exact) mass is 488 g/mol. The Morgan fingerprint density at radius 1 is 0.886 bits per heavy atom. The summed E-state index contributed by atoms with van der Waals surface area (Å²) in [7, 11) is -3.66. The lowest BCUT2D eigenvalue weighted by atomic mass is 10.1. The normalized spacial score (nSPS) is 14.5. The minimum atomic E-state index is -3.66. The summed E-state index contributed by atoms with van der Waals surface area (Å²) in [5, 5.41) is 7.25. The first-order chi connectivity index (χ1) is 17.0. The molecule has 3 aromatic carbocycles. The van der Waals surface area contributed by atoms with Crippen molar-refractivity contribution < 1.29 is 17.9 Å². The molecule has 0 aliphatic carbocycles. The summed E-state index contributed by atoms with van der Waals surface area (Å²) in [6.45, 7) is 1.36. The molecular formula is C26H24N4O4S. The van der Waals surface area contributed by atoms with Crippen LogP contribution in [0.15, 0.2) is 96.0 Å². The summed E-state index contributed by atoms with van der Waals surface area (Å²) in [5.41, 5.74) is 3.49. The Balaban J connectivity index is 1.37. The Morgan fingerprint density at radius 2 is 1.66 bits per heavy atom. The van der Waals surface area contributed by atoms with Crippen molar-refractivity contribution in [1.29, 1.82) is 0 Å². The van der Waals surface area contributed by atoms with Crippen LogP contribution in [0.4, 0.5) is 5.69 Å². The first-order valence-electron chi connectivity index (χ1n) is 11.2. The topological polar surface area (TPSA) is 93.5 Å². The Labute approximate surface area is 203 Å². The molecule has 1 aliphatic heterocycles. The molecule has 2 heterocycles. The number of aromatic nitrogens is 2. The van der Waals surface area contributed by atoms with Crippen LogP contribution in [0.25, 0.3) is 16.9 Å². The molecule has 1 amide bonds. The zero-order chi connectivity index (χ0) is 24.3. The van der Waals surface area contributed by atoms with Gasteiger partial charge < -0.3 is 10.1 Å². The molecule has 178 valence electrons. The number of anilines is 1. The molecule has 0 spiro atoms. The Morgan fingerprint density at radius 3 is 2.46 bits per heavy atom. The highest BCUT2D eigenvalue weighted by atomic mass is 32.2. The third-order valence-corrected chi connectivity index (χ3v) is 7.66. The average Bonchev–Trinajstić information content (AvgIpc) is 3.40. The van der Waals surface area contributed by atoms with E-state index in [9.17, 15) is 13.2 Å². The van der Waals surface area contributed by atoms with Crippen LogP contribution in [-0.4, -0.2) is 54.7 Å². The number of carbonyl (C=O) groups excluding carboxylic acids is 1. The minimum Gasteiger partial charge on any atom is -0.379 e. The third kappa shape index (κ3) is 4.88. The largest absolute Gasteiger partial charge is 0.379 e. The van der Waals surface area contributed by atoms with E-state index < -0.39 is 10.0 Å². The van der Waals surface area contributed by atoms with E-state index in [1.807, 2.05) is 42.5 Å². The summed E-state index contributed by atoms with van der Waals surface area (Å²) in [6.07, 6.45) is 1.72. The molecule has 1 aromatic heterocycles. The number of benzene rings is 3. The molecule has 1 saturated heterocycles. The molecule has 0 radical (unpaired) electrons. The van der Waals surface area contributed by atoms with Gasteiger partial charge in [0.25, 0.3) is 5.91 Å². The van der Waals surface area contributed by atoms with Gasteiger partial charge in [0.05, 0.1) is 35.7 Å². The smallest absolute Gasteiger partial charge is 0.255 e. The summed E-state index contributed by atoms with van der Waals surface area (Å²) in [6, 6.07) is 25.2. The standard InChI is InChI=1S/C26H24N4O4S/c31-26(28-22-9-5-11-24(19-22)35(32,33)29-14-16-34-17-15-29)21-8-4-10-23(18-21)30-25(12-13-27-30)20-6-2-1-3-7-20/h1-13,18-19H,14-17H2,(H,28,31). The van der Waals surface area contributed by atoms with E-state index in [1.165, 1.54) is 16.4 Å². The van der Waals surface area contributed by atoms with Crippen LogP contribution in [0, 0.1) is 0 Å². The van der Waals surface area contributed by atoms with E-state index in [0.29, 0.717) is 37.6 Å². The number of rotatable bonds is 6. The second kappa shape index (κ2) is 9.83. The fraction of sp³-hybridized carbons (Fsp3) is 0.154. The molecule has 1 fully saturated rings. The van der Waals surface area contributed by atoms with E-state index in [4.69, 9.17) is 4.74 Å². The molecule has 0 bridgehead atoms. The van der Waals surface area contributed by atoms with Crippen molar-refractivity contribution in [3.63, 3.8) is 0 Å². The number of morpholine rings is 1. The van der Waals surface area contributed by atoms with Crippen LogP contribution in [-0.2, 0) is 14.8 Å². The van der Waals surface area contributed by atoms with Crippen molar-refractivity contribution in [3.05, 3.63) is 96.7 Å². The van der Waals surface area contributed by atoms with Gasteiger partial charge in [0, 0.05) is 29.9 Å². The first-order valence-corrected chi connectivity index (χ1v) is 12.7. The Hall–Kier alpha value is -3.79. The van der Waals surface area contributed by atoms with Gasteiger partial charge >= 0.3 is 0 Å². The van der Waals surface area contributed by atoms with E-state index >= 15 is 0 Å². The van der Waals surface area contributed by atoms with Gasteiger partial charge in [0.1, 0.15) is 0 Å². The van der Waals surface area contributed by atoms with Crippen LogP contribution in [0.3, 0.4) is 0 Å². The van der Waals surface area contributed by atoms with Gasteiger partial charge in [-0.25, -0.2) is 13.1 Å². The number of hydrogen-bond donors (Lipinski definition) is 1. The molecule has 1 N–H and O–H groups in total. The number of nitrogens with zero attached hydrogens (tertiary/aromatic N) is 3. The van der Waals surface area contributed by atoms with Crippen molar-refractivity contribution in [2.75, 3.05) is 31.6 Å². The highest BCUT2D eigenvalue weighted by Crippen LogP contribution is 2.24. The van der Waals surface area contributed by atoms with Crippen LogP contribution < -0.4 is 5.32 Å². The molecule has 9 heteroatoms. The van der Waals surface area contributed by atoms with E-state index in [1.54, 1.807) is 41.2 Å². The average molecular weight is 489 g/mol. The van der Waals surface area contributed by atoms with Crippen LogP contribution in [0.5, 0.6) is 0 Å². The van der Waals surface area contributed by atoms with Gasteiger partial charge in [-0.3, -0.25) is 4.79 Å². The van der Waals surface area contributed by atoms with Crippen molar-refractivity contribution in [1.82, 2.24) is 14.1 Å². The van der Waals surface area contributed by atoms with E-state index in [2.05, 4.69) is 10.4 Å². The van der Waals surface area contributed by atoms with Gasteiger partial charge in [-0.2, -0.15) is 9.40 Å². The zero-order valence-electron chi connectivity index (χ0n) is 18.9. The fourth-order valence-corrected chi connectivity index (χ4v) is 5.44. The maximum Gasteiger partial charge on any atom is 0.255 e. The van der Waals surface area contributed by atoms with Crippen LogP contribution in [0.2, 0.25) is 0 Å². The maximum absolute atomic E-state index is 13.0. The molecule has 0 saturated carbocycles. The van der Waals surface area contributed by atoms with Crippen LogP contribution in [0.1, 0.15) is 10.4 Å². The molecule has 1 aliphatic rings. The summed E-state index contributed by atoms with van der Waals surface area (Å²) < 4.78 is 34.4. The van der Waals surface area contributed by atoms with Gasteiger partial charge in [-0.05, 0) is 42.5 Å². The SMILES string of the molecule is O=C(Nc1cccc(S(=O)(=O)N2CCOCC2)c1)c1cccc(-n2nccc2-c2ccccc2)c1. The van der Waals surface area contributed by atoms with E-state index in [0.717, 1.165) is 16.9 Å². The molecule has 8 nitrogen and oxygen atoms in total. The Kier molecular flexibility index (Phi) is 6.45. The van der Waals surface area contributed by atoms with Gasteiger partial charge in [-0.1, -0.05) is 42.5 Å². The number of hydrogen-bond acceptors (Lipinski definition) is 5. The molecule has 0 unspecified atom stereocenters. The Bertz CT molecular complexity index is 1440. The second-order valence-electron chi connectivity index (χ2n) is 8.04. The van der Waals surface area contributed by atoms with Crippen molar-refractivity contribution in [3.8, 4) is 16.9 Å². The summed E-state index contributed by atoms with van der Waals surface area (Å²) >= 11 is 0. The molecule has 5 rings (SSSR count). The van der Waals surface area contributed by atoms with Crippen molar-refractivity contribution in [2.45, 2.75) is 4.90 Å². The lowest BCUT2D eigenvalue weighted by Gasteiger charge is -2.26. The molecule has 35 heavy (non-hydrogen) atoms. The number of ether oxygens (including phenoxy) is 1. The van der Waals surface area contributed by atoms with Crippen LogP contribution >= 0.6 is 0 Å². The second-order valence-corrected chi connectivity index (χ2v) is 9.98. The van der Waals surface area contributed by atoms with Crippen molar-refractivity contribution >= 4 is 21.6 Å².